The number of para-hydroxylation sites is 2. The Balaban J connectivity index is 1.73. The summed E-state index contributed by atoms with van der Waals surface area (Å²) in [5.74, 6) is 0.0534. The average Bonchev–Trinajstić information content (AvgIpc) is 2.74. The third kappa shape index (κ3) is 5.62. The molecule has 0 bridgehead atoms. The quantitative estimate of drug-likeness (QED) is 0.390. The van der Waals surface area contributed by atoms with Gasteiger partial charge in [0.25, 0.3) is 15.9 Å². The molecule has 0 unspecified atom stereocenters. The van der Waals surface area contributed by atoms with E-state index in [0.29, 0.717) is 22.7 Å². The molecule has 0 spiro atoms. The molecule has 31 heavy (non-hydrogen) atoms. The normalized spacial score (nSPS) is 10.7. The van der Waals surface area contributed by atoms with Crippen LogP contribution in [0.4, 0.5) is 11.4 Å². The van der Waals surface area contributed by atoms with Gasteiger partial charge in [0.05, 0.1) is 17.7 Å². The van der Waals surface area contributed by atoms with Gasteiger partial charge in [0.15, 0.2) is 5.11 Å². The summed E-state index contributed by atoms with van der Waals surface area (Å²) in [6, 6.07) is 19.9. The minimum absolute atomic E-state index is 0.0245. The second kappa shape index (κ2) is 9.63. The van der Waals surface area contributed by atoms with Crippen LogP contribution in [0.1, 0.15) is 10.4 Å². The van der Waals surface area contributed by atoms with Gasteiger partial charge < -0.3 is 10.1 Å². The van der Waals surface area contributed by atoms with Crippen molar-refractivity contribution in [3.63, 3.8) is 0 Å². The van der Waals surface area contributed by atoms with Crippen molar-refractivity contribution in [2.24, 2.45) is 0 Å². The largest absolute Gasteiger partial charge is 0.495 e. The van der Waals surface area contributed by atoms with Crippen molar-refractivity contribution in [2.45, 2.75) is 4.90 Å². The zero-order valence-electron chi connectivity index (χ0n) is 16.9. The number of rotatable bonds is 6. The van der Waals surface area contributed by atoms with Crippen LogP contribution in [0.15, 0.2) is 77.7 Å². The lowest BCUT2D eigenvalue weighted by Gasteiger charge is -2.14. The molecule has 0 aliphatic carbocycles. The summed E-state index contributed by atoms with van der Waals surface area (Å²) < 4.78 is 33.3. The summed E-state index contributed by atoms with van der Waals surface area (Å²) in [5, 5.41) is 5.50. The molecular formula is C21H20BN3O4S2. The smallest absolute Gasteiger partial charge is 0.262 e. The molecule has 0 aliphatic rings. The van der Waals surface area contributed by atoms with Gasteiger partial charge in [-0.05, 0) is 42.5 Å². The van der Waals surface area contributed by atoms with Crippen molar-refractivity contribution in [3.8, 4) is 5.75 Å². The van der Waals surface area contributed by atoms with E-state index in [1.165, 1.54) is 19.2 Å². The summed E-state index contributed by atoms with van der Waals surface area (Å²) >= 11 is 5.21. The number of carbonyl (C=O) groups is 1. The number of ether oxygens (including phenoxy) is 1. The number of anilines is 2. The Morgan fingerprint density at radius 1 is 1.00 bits per heavy atom. The minimum atomic E-state index is -3.88. The lowest BCUT2D eigenvalue weighted by molar-refractivity contribution is 0.0979. The summed E-state index contributed by atoms with van der Waals surface area (Å²) in [6.07, 6.45) is 0. The van der Waals surface area contributed by atoms with E-state index < -0.39 is 10.0 Å². The van der Waals surface area contributed by atoms with Gasteiger partial charge in [-0.25, -0.2) is 8.42 Å². The fourth-order valence-corrected chi connectivity index (χ4v) is 4.16. The number of benzene rings is 3. The first-order valence-corrected chi connectivity index (χ1v) is 11.1. The van der Waals surface area contributed by atoms with Crippen LogP contribution in [-0.4, -0.2) is 34.4 Å². The van der Waals surface area contributed by atoms with Crippen molar-refractivity contribution in [1.82, 2.24) is 5.32 Å². The number of thiocarbonyl (C=S) groups is 1. The Kier molecular flexibility index (Phi) is 6.93. The Morgan fingerprint density at radius 3 is 2.45 bits per heavy atom. The van der Waals surface area contributed by atoms with Crippen LogP contribution < -0.4 is 25.6 Å². The maximum Gasteiger partial charge on any atom is 0.262 e. The fraction of sp³-hybridized carbons (Fsp3) is 0.0476. The molecule has 0 saturated heterocycles. The first-order chi connectivity index (χ1) is 14.8. The topological polar surface area (TPSA) is 96.5 Å². The van der Waals surface area contributed by atoms with Gasteiger partial charge in [0.1, 0.15) is 13.6 Å². The van der Waals surface area contributed by atoms with Gasteiger partial charge >= 0.3 is 0 Å². The standard InChI is InChI=1S/C21H20BN3O4S2/c1-29-19-12-5-4-11-18(19)25-31(27,28)15-8-6-7-14(13-15)23-21(30)24-20(26)16-9-2-3-10-17(16)22/h2-13,25H,22H2,1H3,(H2,23,24,26,30). The SMILES string of the molecule is Bc1ccccc1C(=O)NC(=S)Nc1cccc(S(=O)(=O)Nc2ccccc2OC)c1. The maximum atomic E-state index is 12.8. The van der Waals surface area contributed by atoms with Crippen LogP contribution in [0.25, 0.3) is 0 Å². The van der Waals surface area contributed by atoms with Gasteiger partial charge in [-0.3, -0.25) is 14.8 Å². The third-order valence-corrected chi connectivity index (χ3v) is 5.94. The number of amides is 1. The number of methoxy groups -OCH3 is 1. The van der Waals surface area contributed by atoms with E-state index in [9.17, 15) is 13.2 Å². The molecule has 0 fully saturated rings. The zero-order chi connectivity index (χ0) is 22.4. The van der Waals surface area contributed by atoms with Crippen LogP contribution in [0.2, 0.25) is 0 Å². The van der Waals surface area contributed by atoms with E-state index in [4.69, 9.17) is 17.0 Å². The van der Waals surface area contributed by atoms with E-state index in [0.717, 1.165) is 5.46 Å². The molecule has 0 radical (unpaired) electrons. The number of sulfonamides is 1. The van der Waals surface area contributed by atoms with Gasteiger partial charge in [-0.1, -0.05) is 47.9 Å². The molecule has 10 heteroatoms. The van der Waals surface area contributed by atoms with Crippen LogP contribution in [0, 0.1) is 0 Å². The number of hydrogen-bond donors (Lipinski definition) is 3. The van der Waals surface area contributed by atoms with E-state index >= 15 is 0 Å². The van der Waals surface area contributed by atoms with E-state index in [-0.39, 0.29) is 15.9 Å². The maximum absolute atomic E-state index is 12.8. The fourth-order valence-electron chi connectivity index (χ4n) is 2.83. The highest BCUT2D eigenvalue weighted by molar-refractivity contribution is 7.92. The number of hydrogen-bond acceptors (Lipinski definition) is 5. The third-order valence-electron chi connectivity index (χ3n) is 4.37. The van der Waals surface area contributed by atoms with Crippen molar-refractivity contribution in [1.29, 1.82) is 0 Å². The molecule has 3 aromatic rings. The molecule has 0 heterocycles. The molecule has 0 atom stereocenters. The Morgan fingerprint density at radius 2 is 1.71 bits per heavy atom. The van der Waals surface area contributed by atoms with Crippen molar-refractivity contribution in [3.05, 3.63) is 78.4 Å². The lowest BCUT2D eigenvalue weighted by Crippen LogP contribution is -2.36. The molecular weight excluding hydrogens is 433 g/mol. The second-order valence-electron chi connectivity index (χ2n) is 6.56. The molecule has 1 amide bonds. The average molecular weight is 453 g/mol. The summed E-state index contributed by atoms with van der Waals surface area (Å²) in [7, 11) is -0.587. The molecule has 3 aromatic carbocycles. The van der Waals surface area contributed by atoms with Crippen molar-refractivity contribution < 1.29 is 17.9 Å². The molecule has 0 saturated carbocycles. The van der Waals surface area contributed by atoms with Gasteiger partial charge in [0.2, 0.25) is 0 Å². The van der Waals surface area contributed by atoms with Crippen LogP contribution in [0.5, 0.6) is 5.75 Å². The van der Waals surface area contributed by atoms with Crippen LogP contribution in [-0.2, 0) is 10.0 Å². The van der Waals surface area contributed by atoms with E-state index in [1.807, 2.05) is 20.0 Å². The Hall–Kier alpha value is -3.37. The molecule has 0 aromatic heterocycles. The molecule has 3 N–H and O–H groups in total. The number of carbonyl (C=O) groups excluding carboxylic acids is 1. The van der Waals surface area contributed by atoms with Crippen LogP contribution >= 0.6 is 12.2 Å². The number of nitrogens with one attached hydrogen (secondary N) is 3. The summed E-state index contributed by atoms with van der Waals surface area (Å²) in [4.78, 5) is 12.4. The Labute approximate surface area is 187 Å². The predicted octanol–water partition coefficient (Wildman–Crippen LogP) is 1.88. The molecule has 158 valence electrons. The molecule has 7 nitrogen and oxygen atoms in total. The van der Waals surface area contributed by atoms with Gasteiger partial charge in [0, 0.05) is 11.3 Å². The predicted molar refractivity (Wildman–Crippen MR) is 129 cm³/mol. The zero-order valence-corrected chi connectivity index (χ0v) is 18.5. The Bertz CT molecular complexity index is 1230. The van der Waals surface area contributed by atoms with Crippen molar-refractivity contribution in [2.75, 3.05) is 17.1 Å². The first-order valence-electron chi connectivity index (χ1n) is 9.24. The van der Waals surface area contributed by atoms with Crippen molar-refractivity contribution >= 4 is 57.9 Å². The minimum Gasteiger partial charge on any atom is -0.495 e. The van der Waals surface area contributed by atoms with E-state index in [1.54, 1.807) is 48.5 Å². The first kappa shape index (κ1) is 22.3. The molecule has 0 aliphatic heterocycles. The lowest BCUT2D eigenvalue weighted by atomic mass is 9.90. The van der Waals surface area contributed by atoms with E-state index in [2.05, 4.69) is 15.4 Å². The highest BCUT2D eigenvalue weighted by atomic mass is 32.2. The summed E-state index contributed by atoms with van der Waals surface area (Å²) in [5.41, 5.74) is 2.06. The molecule has 3 rings (SSSR count). The highest BCUT2D eigenvalue weighted by Crippen LogP contribution is 2.26. The van der Waals surface area contributed by atoms with Gasteiger partial charge in [-0.2, -0.15) is 0 Å². The summed E-state index contributed by atoms with van der Waals surface area (Å²) in [6.45, 7) is 0. The van der Waals surface area contributed by atoms with Gasteiger partial charge in [-0.15, -0.1) is 0 Å². The second-order valence-corrected chi connectivity index (χ2v) is 8.65. The van der Waals surface area contributed by atoms with Crippen LogP contribution in [0.3, 0.4) is 0 Å². The monoisotopic (exact) mass is 453 g/mol. The highest BCUT2D eigenvalue weighted by Gasteiger charge is 2.17.